The molecule has 2 saturated heterocycles. The van der Waals surface area contributed by atoms with Gasteiger partial charge in [0.1, 0.15) is 0 Å². The predicted octanol–water partition coefficient (Wildman–Crippen LogP) is 0.356. The summed E-state index contributed by atoms with van der Waals surface area (Å²) in [5.41, 5.74) is 0. The first-order valence-corrected chi connectivity index (χ1v) is 8.06. The summed E-state index contributed by atoms with van der Waals surface area (Å²) in [6.07, 6.45) is 3.31. The van der Waals surface area contributed by atoms with Crippen LogP contribution in [0.4, 0.5) is 0 Å². The Bertz CT molecular complexity index is 299. The molecule has 2 heterocycles. The number of nitrogens with one attached hydrogen (secondary N) is 1. The van der Waals surface area contributed by atoms with Gasteiger partial charge in [0.25, 0.3) is 0 Å². The average molecular weight is 258 g/mol. The first kappa shape index (κ1) is 13.0. The number of nitrogens with zero attached hydrogens (tertiary/aromatic N) is 1. The van der Waals surface area contributed by atoms with Crippen molar-refractivity contribution in [3.05, 3.63) is 0 Å². The fourth-order valence-electron chi connectivity index (χ4n) is 2.63. The molecule has 0 aromatic rings. The van der Waals surface area contributed by atoms with E-state index in [2.05, 4.69) is 12.2 Å². The molecule has 0 aromatic carbocycles. The average Bonchev–Trinajstić information content (AvgIpc) is 2.39. The number of carbonyl (C=O) groups excluding carboxylic acids is 1. The summed E-state index contributed by atoms with van der Waals surface area (Å²) in [5, 5.41) is 3.32. The summed E-state index contributed by atoms with van der Waals surface area (Å²) in [7, 11) is -0.705. The van der Waals surface area contributed by atoms with Gasteiger partial charge in [0.2, 0.25) is 5.91 Å². The Morgan fingerprint density at radius 3 is 2.76 bits per heavy atom. The van der Waals surface area contributed by atoms with Crippen LogP contribution in [0.25, 0.3) is 0 Å². The zero-order chi connectivity index (χ0) is 12.3. The molecule has 2 unspecified atom stereocenters. The topological polar surface area (TPSA) is 49.4 Å². The molecule has 4 nitrogen and oxygen atoms in total. The summed E-state index contributed by atoms with van der Waals surface area (Å²) in [4.78, 5) is 14.2. The fourth-order valence-corrected chi connectivity index (χ4v) is 3.69. The summed E-state index contributed by atoms with van der Waals surface area (Å²) in [6.45, 7) is 4.48. The maximum absolute atomic E-state index is 12.3. The van der Waals surface area contributed by atoms with Gasteiger partial charge in [0.15, 0.2) is 0 Å². The van der Waals surface area contributed by atoms with E-state index in [1.807, 2.05) is 4.90 Å². The molecular weight excluding hydrogens is 236 g/mol. The van der Waals surface area contributed by atoms with Crippen molar-refractivity contribution in [2.45, 2.75) is 32.2 Å². The molecule has 0 spiro atoms. The minimum absolute atomic E-state index is 0.000218. The van der Waals surface area contributed by atoms with Crippen LogP contribution in [-0.2, 0) is 15.6 Å². The minimum atomic E-state index is -0.705. The highest BCUT2D eigenvalue weighted by atomic mass is 32.2. The van der Waals surface area contributed by atoms with Crippen molar-refractivity contribution in [2.24, 2.45) is 5.92 Å². The second kappa shape index (κ2) is 5.96. The Labute approximate surface area is 106 Å². The highest BCUT2D eigenvalue weighted by Crippen LogP contribution is 2.20. The van der Waals surface area contributed by atoms with Gasteiger partial charge in [-0.15, -0.1) is 0 Å². The number of hydrogen-bond donors (Lipinski definition) is 1. The number of carbonyl (C=O) groups is 1. The largest absolute Gasteiger partial charge is 0.340 e. The molecule has 2 aliphatic rings. The molecule has 2 rings (SSSR count). The van der Waals surface area contributed by atoms with Crippen LogP contribution in [-0.4, -0.2) is 52.2 Å². The number of rotatable bonds is 2. The smallest absolute Gasteiger partial charge is 0.239 e. The van der Waals surface area contributed by atoms with Gasteiger partial charge in [-0.2, -0.15) is 0 Å². The van der Waals surface area contributed by atoms with Gasteiger partial charge >= 0.3 is 0 Å². The van der Waals surface area contributed by atoms with Gasteiger partial charge in [-0.3, -0.25) is 9.00 Å². The van der Waals surface area contributed by atoms with E-state index >= 15 is 0 Å². The van der Waals surface area contributed by atoms with Crippen molar-refractivity contribution < 1.29 is 9.00 Å². The Morgan fingerprint density at radius 2 is 2.12 bits per heavy atom. The van der Waals surface area contributed by atoms with Gasteiger partial charge in [0, 0.05) is 35.4 Å². The molecular formula is C12H22N2O2S. The maximum Gasteiger partial charge on any atom is 0.239 e. The SMILES string of the molecule is CCC1CCNC(C(=O)N2CCS(=O)CC2)C1. The van der Waals surface area contributed by atoms with E-state index in [1.165, 1.54) is 6.42 Å². The summed E-state index contributed by atoms with van der Waals surface area (Å²) in [6, 6.07) is 0.000218. The van der Waals surface area contributed by atoms with Gasteiger partial charge in [0.05, 0.1) is 6.04 Å². The van der Waals surface area contributed by atoms with E-state index in [1.54, 1.807) is 0 Å². The fraction of sp³-hybridized carbons (Fsp3) is 0.917. The van der Waals surface area contributed by atoms with E-state index < -0.39 is 10.8 Å². The first-order chi connectivity index (χ1) is 8.20. The highest BCUT2D eigenvalue weighted by Gasteiger charge is 2.30. The van der Waals surface area contributed by atoms with Crippen LogP contribution >= 0.6 is 0 Å². The van der Waals surface area contributed by atoms with Gasteiger partial charge in [-0.25, -0.2) is 0 Å². The molecule has 2 aliphatic heterocycles. The second-order valence-electron chi connectivity index (χ2n) is 4.98. The Balaban J connectivity index is 1.88. The van der Waals surface area contributed by atoms with E-state index in [0.717, 1.165) is 19.4 Å². The lowest BCUT2D eigenvalue weighted by Crippen LogP contribution is -2.53. The molecule has 2 fully saturated rings. The molecule has 0 aromatic heterocycles. The number of amides is 1. The number of piperidine rings is 1. The van der Waals surface area contributed by atoms with Gasteiger partial charge < -0.3 is 10.2 Å². The van der Waals surface area contributed by atoms with Crippen molar-refractivity contribution in [1.82, 2.24) is 10.2 Å². The molecule has 1 amide bonds. The van der Waals surface area contributed by atoms with Crippen molar-refractivity contribution in [3.8, 4) is 0 Å². The molecule has 0 aliphatic carbocycles. The van der Waals surface area contributed by atoms with Crippen LogP contribution in [0.2, 0.25) is 0 Å². The van der Waals surface area contributed by atoms with E-state index in [9.17, 15) is 9.00 Å². The lowest BCUT2D eigenvalue weighted by molar-refractivity contribution is -0.134. The van der Waals surface area contributed by atoms with Crippen LogP contribution in [0.1, 0.15) is 26.2 Å². The lowest BCUT2D eigenvalue weighted by atomic mass is 9.90. The molecule has 1 N–H and O–H groups in total. The van der Waals surface area contributed by atoms with Crippen LogP contribution < -0.4 is 5.32 Å². The van der Waals surface area contributed by atoms with Crippen LogP contribution in [0.15, 0.2) is 0 Å². The molecule has 0 radical (unpaired) electrons. The quantitative estimate of drug-likeness (QED) is 0.778. The third kappa shape index (κ3) is 3.28. The zero-order valence-electron chi connectivity index (χ0n) is 10.5. The lowest BCUT2D eigenvalue weighted by Gasteiger charge is -2.34. The molecule has 2 atom stereocenters. The van der Waals surface area contributed by atoms with Crippen LogP contribution in [0.5, 0.6) is 0 Å². The third-order valence-electron chi connectivity index (χ3n) is 3.88. The monoisotopic (exact) mass is 258 g/mol. The van der Waals surface area contributed by atoms with Crippen LogP contribution in [0.3, 0.4) is 0 Å². The highest BCUT2D eigenvalue weighted by molar-refractivity contribution is 7.85. The Kier molecular flexibility index (Phi) is 4.56. The maximum atomic E-state index is 12.3. The standard InChI is InChI=1S/C12H22N2O2S/c1-2-10-3-4-13-11(9-10)12(15)14-5-7-17(16)8-6-14/h10-11,13H,2-9H2,1H3. The summed E-state index contributed by atoms with van der Waals surface area (Å²) >= 11 is 0. The van der Waals surface area contributed by atoms with Gasteiger partial charge in [-0.05, 0) is 25.3 Å². The molecule has 17 heavy (non-hydrogen) atoms. The van der Waals surface area contributed by atoms with E-state index in [-0.39, 0.29) is 11.9 Å². The van der Waals surface area contributed by atoms with Gasteiger partial charge in [-0.1, -0.05) is 13.3 Å². The molecule has 98 valence electrons. The normalized spacial score (nSPS) is 31.5. The van der Waals surface area contributed by atoms with E-state index in [0.29, 0.717) is 30.5 Å². The second-order valence-corrected chi connectivity index (χ2v) is 6.67. The molecule has 0 bridgehead atoms. The summed E-state index contributed by atoms with van der Waals surface area (Å²) < 4.78 is 11.3. The van der Waals surface area contributed by atoms with Crippen molar-refractivity contribution in [1.29, 1.82) is 0 Å². The van der Waals surface area contributed by atoms with E-state index in [4.69, 9.17) is 0 Å². The third-order valence-corrected chi connectivity index (χ3v) is 5.15. The van der Waals surface area contributed by atoms with Crippen molar-refractivity contribution >= 4 is 16.7 Å². The predicted molar refractivity (Wildman–Crippen MR) is 69.3 cm³/mol. The zero-order valence-corrected chi connectivity index (χ0v) is 11.3. The summed E-state index contributed by atoms with van der Waals surface area (Å²) in [5.74, 6) is 2.20. The molecule has 5 heteroatoms. The molecule has 0 saturated carbocycles. The van der Waals surface area contributed by atoms with Crippen molar-refractivity contribution in [2.75, 3.05) is 31.1 Å². The Morgan fingerprint density at radius 1 is 1.41 bits per heavy atom. The first-order valence-electron chi connectivity index (χ1n) is 6.58. The Hall–Kier alpha value is -0.420. The van der Waals surface area contributed by atoms with Crippen molar-refractivity contribution in [3.63, 3.8) is 0 Å². The van der Waals surface area contributed by atoms with Crippen LogP contribution in [0, 0.1) is 5.92 Å². The minimum Gasteiger partial charge on any atom is -0.340 e. The number of hydrogen-bond acceptors (Lipinski definition) is 3.